The summed E-state index contributed by atoms with van der Waals surface area (Å²) in [6.45, 7) is 6.85. The molecular weight excluding hydrogens is 184 g/mol. The Bertz CT molecular complexity index is 258. The Morgan fingerprint density at radius 1 is 1.54 bits per heavy atom. The van der Waals surface area contributed by atoms with E-state index in [2.05, 4.69) is 28.5 Å². The Kier molecular flexibility index (Phi) is 3.62. The van der Waals surface area contributed by atoms with Gasteiger partial charge in [-0.05, 0) is 12.8 Å². The molecule has 5 heteroatoms. The first-order chi connectivity index (χ1) is 6.09. The Balaban J connectivity index is 2.35. The smallest absolute Gasteiger partial charge is 0.202 e. The molecule has 1 unspecified atom stereocenters. The van der Waals surface area contributed by atoms with Gasteiger partial charge < -0.3 is 11.1 Å². The highest BCUT2D eigenvalue weighted by Gasteiger charge is 2.07. The SMILES string of the molecule is Cc1nsc(NCC(N)C(C)C)n1. The van der Waals surface area contributed by atoms with Crippen molar-refractivity contribution in [3.8, 4) is 0 Å². The van der Waals surface area contributed by atoms with Crippen LogP contribution < -0.4 is 11.1 Å². The van der Waals surface area contributed by atoms with E-state index in [1.165, 1.54) is 11.5 Å². The van der Waals surface area contributed by atoms with Crippen molar-refractivity contribution in [1.82, 2.24) is 9.36 Å². The maximum Gasteiger partial charge on any atom is 0.202 e. The minimum Gasteiger partial charge on any atom is -0.359 e. The monoisotopic (exact) mass is 200 g/mol. The number of aryl methyl sites for hydroxylation is 1. The van der Waals surface area contributed by atoms with Crippen molar-refractivity contribution in [3.05, 3.63) is 5.82 Å². The molecule has 74 valence electrons. The van der Waals surface area contributed by atoms with Gasteiger partial charge in [0.15, 0.2) is 0 Å². The van der Waals surface area contributed by atoms with Gasteiger partial charge in [-0.3, -0.25) is 0 Å². The number of nitrogens with two attached hydrogens (primary N) is 1. The lowest BCUT2D eigenvalue weighted by molar-refractivity contribution is 0.511. The van der Waals surface area contributed by atoms with Gasteiger partial charge in [0, 0.05) is 24.1 Å². The lowest BCUT2D eigenvalue weighted by Gasteiger charge is -2.15. The van der Waals surface area contributed by atoms with Crippen molar-refractivity contribution in [3.63, 3.8) is 0 Å². The van der Waals surface area contributed by atoms with Crippen LogP contribution in [0.15, 0.2) is 0 Å². The molecule has 13 heavy (non-hydrogen) atoms. The summed E-state index contributed by atoms with van der Waals surface area (Å²) < 4.78 is 4.07. The lowest BCUT2D eigenvalue weighted by Crippen LogP contribution is -2.33. The zero-order valence-corrected chi connectivity index (χ0v) is 9.06. The highest BCUT2D eigenvalue weighted by Crippen LogP contribution is 2.10. The fourth-order valence-electron chi connectivity index (χ4n) is 0.810. The van der Waals surface area contributed by atoms with Crippen LogP contribution in [-0.4, -0.2) is 21.9 Å². The van der Waals surface area contributed by atoms with Gasteiger partial charge in [0.1, 0.15) is 5.82 Å². The van der Waals surface area contributed by atoms with E-state index < -0.39 is 0 Å². The van der Waals surface area contributed by atoms with E-state index in [0.29, 0.717) is 5.92 Å². The normalized spacial score (nSPS) is 13.3. The summed E-state index contributed by atoms with van der Waals surface area (Å²) >= 11 is 1.38. The zero-order valence-electron chi connectivity index (χ0n) is 8.24. The van der Waals surface area contributed by atoms with E-state index in [0.717, 1.165) is 17.5 Å². The third-order valence-corrected chi connectivity index (χ3v) is 2.64. The Labute approximate surface area is 82.7 Å². The minimum atomic E-state index is 0.171. The first-order valence-electron chi connectivity index (χ1n) is 4.39. The van der Waals surface area contributed by atoms with Gasteiger partial charge in [-0.2, -0.15) is 4.37 Å². The quantitative estimate of drug-likeness (QED) is 0.767. The number of rotatable bonds is 4. The topological polar surface area (TPSA) is 63.8 Å². The fraction of sp³-hybridized carbons (Fsp3) is 0.750. The van der Waals surface area contributed by atoms with Gasteiger partial charge >= 0.3 is 0 Å². The van der Waals surface area contributed by atoms with Crippen molar-refractivity contribution in [2.45, 2.75) is 26.8 Å². The molecule has 1 aromatic heterocycles. The number of hydrogen-bond donors (Lipinski definition) is 2. The van der Waals surface area contributed by atoms with Crippen LogP contribution in [0.5, 0.6) is 0 Å². The van der Waals surface area contributed by atoms with Gasteiger partial charge in [0.25, 0.3) is 0 Å². The summed E-state index contributed by atoms with van der Waals surface area (Å²) in [6, 6.07) is 0.171. The lowest BCUT2D eigenvalue weighted by atomic mass is 10.1. The van der Waals surface area contributed by atoms with E-state index >= 15 is 0 Å². The molecule has 1 rings (SSSR count). The number of nitrogens with one attached hydrogen (secondary N) is 1. The highest BCUT2D eigenvalue weighted by molar-refractivity contribution is 7.09. The van der Waals surface area contributed by atoms with Crippen molar-refractivity contribution in [1.29, 1.82) is 0 Å². The first kappa shape index (κ1) is 10.4. The van der Waals surface area contributed by atoms with Gasteiger partial charge in [-0.15, -0.1) is 0 Å². The van der Waals surface area contributed by atoms with E-state index in [-0.39, 0.29) is 6.04 Å². The summed E-state index contributed by atoms with van der Waals surface area (Å²) in [5, 5.41) is 4.02. The molecule has 3 N–H and O–H groups in total. The molecule has 0 aliphatic rings. The van der Waals surface area contributed by atoms with Crippen LogP contribution in [0, 0.1) is 12.8 Å². The van der Waals surface area contributed by atoms with Gasteiger partial charge in [0.2, 0.25) is 5.13 Å². The molecule has 0 spiro atoms. The standard InChI is InChI=1S/C8H16N4S/c1-5(2)7(9)4-10-8-11-6(3)12-13-8/h5,7H,4,9H2,1-3H3,(H,10,11,12). The van der Waals surface area contributed by atoms with E-state index in [4.69, 9.17) is 5.73 Å². The molecule has 0 aliphatic heterocycles. The molecule has 0 fully saturated rings. The van der Waals surface area contributed by atoms with Gasteiger partial charge in [0.05, 0.1) is 0 Å². The molecule has 1 atom stereocenters. The summed E-state index contributed by atoms with van der Waals surface area (Å²) in [6.07, 6.45) is 0. The molecule has 0 aliphatic carbocycles. The second-order valence-electron chi connectivity index (χ2n) is 3.44. The van der Waals surface area contributed by atoms with Crippen LogP contribution in [0.25, 0.3) is 0 Å². The average molecular weight is 200 g/mol. The minimum absolute atomic E-state index is 0.171. The predicted octanol–water partition coefficient (Wildman–Crippen LogP) is 1.24. The van der Waals surface area contributed by atoms with Crippen molar-refractivity contribution >= 4 is 16.7 Å². The van der Waals surface area contributed by atoms with E-state index in [1.807, 2.05) is 6.92 Å². The van der Waals surface area contributed by atoms with Crippen molar-refractivity contribution in [2.24, 2.45) is 11.7 Å². The molecule has 0 saturated carbocycles. The first-order valence-corrected chi connectivity index (χ1v) is 5.16. The molecule has 0 radical (unpaired) electrons. The maximum absolute atomic E-state index is 5.87. The van der Waals surface area contributed by atoms with Crippen molar-refractivity contribution < 1.29 is 0 Å². The molecular formula is C8H16N4S. The summed E-state index contributed by atoms with van der Waals surface area (Å²) in [7, 11) is 0. The largest absolute Gasteiger partial charge is 0.359 e. The second-order valence-corrected chi connectivity index (χ2v) is 4.19. The Morgan fingerprint density at radius 3 is 2.69 bits per heavy atom. The molecule has 4 nitrogen and oxygen atoms in total. The number of hydrogen-bond acceptors (Lipinski definition) is 5. The van der Waals surface area contributed by atoms with E-state index in [9.17, 15) is 0 Å². The van der Waals surface area contributed by atoms with Crippen LogP contribution in [0.2, 0.25) is 0 Å². The summed E-state index contributed by atoms with van der Waals surface area (Å²) in [5.74, 6) is 1.30. The third kappa shape index (κ3) is 3.28. The number of anilines is 1. The van der Waals surface area contributed by atoms with Crippen LogP contribution in [0.4, 0.5) is 5.13 Å². The Hall–Kier alpha value is -0.680. The average Bonchev–Trinajstić information content (AvgIpc) is 2.47. The zero-order chi connectivity index (χ0) is 9.84. The second kappa shape index (κ2) is 4.53. The summed E-state index contributed by atoms with van der Waals surface area (Å²) in [4.78, 5) is 4.18. The van der Waals surface area contributed by atoms with Gasteiger partial charge in [-0.1, -0.05) is 13.8 Å². The van der Waals surface area contributed by atoms with Crippen molar-refractivity contribution in [2.75, 3.05) is 11.9 Å². The van der Waals surface area contributed by atoms with Crippen LogP contribution >= 0.6 is 11.5 Å². The molecule has 0 amide bonds. The molecule has 1 aromatic rings. The summed E-state index contributed by atoms with van der Waals surface area (Å²) in [5.41, 5.74) is 5.87. The number of aromatic nitrogens is 2. The van der Waals surface area contributed by atoms with Crippen LogP contribution in [0.1, 0.15) is 19.7 Å². The molecule has 0 saturated heterocycles. The molecule has 1 heterocycles. The third-order valence-electron chi connectivity index (χ3n) is 1.87. The molecule has 0 bridgehead atoms. The van der Waals surface area contributed by atoms with Crippen LogP contribution in [-0.2, 0) is 0 Å². The fourth-order valence-corrected chi connectivity index (χ4v) is 1.39. The molecule has 0 aromatic carbocycles. The van der Waals surface area contributed by atoms with E-state index in [1.54, 1.807) is 0 Å². The van der Waals surface area contributed by atoms with Crippen LogP contribution in [0.3, 0.4) is 0 Å². The number of nitrogens with zero attached hydrogens (tertiary/aromatic N) is 2. The Morgan fingerprint density at radius 2 is 2.23 bits per heavy atom. The highest BCUT2D eigenvalue weighted by atomic mass is 32.1. The van der Waals surface area contributed by atoms with Gasteiger partial charge in [-0.25, -0.2) is 4.98 Å². The predicted molar refractivity (Wildman–Crippen MR) is 55.9 cm³/mol. The maximum atomic E-state index is 5.87.